The molecule has 0 atom stereocenters. The van der Waals surface area contributed by atoms with Gasteiger partial charge < -0.3 is 23.9 Å². The Morgan fingerprint density at radius 1 is 1.19 bits per heavy atom. The number of likely N-dealkylation sites (tertiary alicyclic amines) is 1. The highest BCUT2D eigenvalue weighted by molar-refractivity contribution is 5.80. The van der Waals surface area contributed by atoms with Gasteiger partial charge in [-0.1, -0.05) is 5.16 Å². The Kier molecular flexibility index (Phi) is 6.84. The Labute approximate surface area is 185 Å². The highest BCUT2D eigenvalue weighted by Crippen LogP contribution is 2.21. The Morgan fingerprint density at radius 3 is 2.66 bits per heavy atom. The van der Waals surface area contributed by atoms with Crippen molar-refractivity contribution in [1.29, 1.82) is 0 Å². The molecule has 1 N–H and O–H groups in total. The summed E-state index contributed by atoms with van der Waals surface area (Å²) < 4.78 is 15.7. The molecule has 4 rings (SSSR count). The van der Waals surface area contributed by atoms with Crippen LogP contribution in [0.5, 0.6) is 5.75 Å². The van der Waals surface area contributed by atoms with Crippen molar-refractivity contribution in [3.63, 3.8) is 0 Å². The molecule has 0 spiro atoms. The smallest absolute Gasteiger partial charge is 0.227 e. The van der Waals surface area contributed by atoms with Crippen molar-refractivity contribution in [2.45, 2.75) is 32.2 Å². The number of nitrogens with zero attached hydrogens (tertiary/aromatic N) is 3. The number of piperidine rings is 1. The molecule has 1 saturated heterocycles. The van der Waals surface area contributed by atoms with Gasteiger partial charge in [0.05, 0.1) is 19.9 Å². The molecule has 3 heterocycles. The van der Waals surface area contributed by atoms with Crippen LogP contribution in [0.1, 0.15) is 30.9 Å². The molecule has 2 amide bonds. The van der Waals surface area contributed by atoms with Gasteiger partial charge in [-0.3, -0.25) is 9.59 Å². The molecule has 1 aliphatic heterocycles. The number of methoxy groups -OCH3 is 1. The van der Waals surface area contributed by atoms with Crippen LogP contribution in [0.4, 0.5) is 0 Å². The molecule has 9 heteroatoms. The third-order valence-electron chi connectivity index (χ3n) is 5.60. The third-order valence-corrected chi connectivity index (χ3v) is 5.60. The molecule has 3 aromatic rings. The molecular formula is C23H26N4O5. The number of nitrogens with one attached hydrogen (secondary N) is 1. The average molecular weight is 438 g/mol. The molecule has 1 fully saturated rings. The molecule has 9 nitrogen and oxygen atoms in total. The van der Waals surface area contributed by atoms with Gasteiger partial charge in [-0.05, 0) is 49.2 Å². The van der Waals surface area contributed by atoms with Crippen LogP contribution >= 0.6 is 0 Å². The number of carbonyl (C=O) groups is 2. The molecular weight excluding hydrogens is 412 g/mol. The maximum atomic E-state index is 12.6. The lowest BCUT2D eigenvalue weighted by Crippen LogP contribution is -2.43. The number of hydrogen-bond donors (Lipinski definition) is 1. The number of carbonyl (C=O) groups excluding carboxylic acids is 2. The quantitative estimate of drug-likeness (QED) is 0.576. The lowest BCUT2D eigenvalue weighted by molar-refractivity contribution is -0.135. The molecule has 0 aliphatic carbocycles. The Balaban J connectivity index is 1.20. The monoisotopic (exact) mass is 438 g/mol. The molecule has 32 heavy (non-hydrogen) atoms. The van der Waals surface area contributed by atoms with E-state index in [1.807, 2.05) is 30.3 Å². The van der Waals surface area contributed by atoms with Crippen LogP contribution in [0.25, 0.3) is 11.4 Å². The first-order valence-corrected chi connectivity index (χ1v) is 10.7. The number of hydrogen-bond acceptors (Lipinski definition) is 7. The number of aromatic nitrogens is 2. The van der Waals surface area contributed by atoms with Gasteiger partial charge in [0.1, 0.15) is 11.5 Å². The van der Waals surface area contributed by atoms with Crippen molar-refractivity contribution >= 4 is 11.8 Å². The second kappa shape index (κ2) is 10.1. The summed E-state index contributed by atoms with van der Waals surface area (Å²) in [6.07, 6.45) is 3.56. The molecule has 0 unspecified atom stereocenters. The molecule has 0 radical (unpaired) electrons. The van der Waals surface area contributed by atoms with Gasteiger partial charge in [0, 0.05) is 37.4 Å². The van der Waals surface area contributed by atoms with E-state index in [-0.39, 0.29) is 17.7 Å². The van der Waals surface area contributed by atoms with Crippen molar-refractivity contribution in [2.24, 2.45) is 5.92 Å². The highest BCUT2D eigenvalue weighted by atomic mass is 16.5. The Morgan fingerprint density at radius 2 is 1.97 bits per heavy atom. The lowest BCUT2D eigenvalue weighted by Gasteiger charge is -2.31. The number of rotatable bonds is 8. The van der Waals surface area contributed by atoms with E-state index in [4.69, 9.17) is 13.7 Å². The van der Waals surface area contributed by atoms with Crippen LogP contribution < -0.4 is 10.1 Å². The summed E-state index contributed by atoms with van der Waals surface area (Å²) >= 11 is 0. The van der Waals surface area contributed by atoms with Crippen molar-refractivity contribution in [3.8, 4) is 17.1 Å². The van der Waals surface area contributed by atoms with Crippen LogP contribution in [0.3, 0.4) is 0 Å². The fourth-order valence-corrected chi connectivity index (χ4v) is 3.71. The van der Waals surface area contributed by atoms with Gasteiger partial charge in [0.25, 0.3) is 0 Å². The van der Waals surface area contributed by atoms with E-state index in [1.54, 1.807) is 24.3 Å². The Bertz CT molecular complexity index is 1020. The molecule has 2 aromatic heterocycles. The molecule has 168 valence electrons. The summed E-state index contributed by atoms with van der Waals surface area (Å²) in [5, 5.41) is 6.89. The zero-order chi connectivity index (χ0) is 22.3. The molecule has 1 aliphatic rings. The topological polar surface area (TPSA) is 111 Å². The van der Waals surface area contributed by atoms with Crippen molar-refractivity contribution < 1.29 is 23.3 Å². The van der Waals surface area contributed by atoms with E-state index >= 15 is 0 Å². The van der Waals surface area contributed by atoms with Gasteiger partial charge in [0.15, 0.2) is 0 Å². The fourth-order valence-electron chi connectivity index (χ4n) is 3.71. The minimum Gasteiger partial charge on any atom is -0.497 e. The standard InChI is InChI=1S/C23H26N4O5/c1-30-18-6-4-16(5-7-18)22-25-20(32-26-22)8-9-21(28)27-12-10-17(11-13-27)23(29)24-15-19-3-2-14-31-19/h2-7,14,17H,8-13,15H2,1H3,(H,24,29). The van der Waals surface area contributed by atoms with E-state index in [2.05, 4.69) is 15.5 Å². The van der Waals surface area contributed by atoms with Gasteiger partial charge in [-0.15, -0.1) is 0 Å². The second-order valence-electron chi connectivity index (χ2n) is 7.69. The van der Waals surface area contributed by atoms with Crippen LogP contribution in [-0.2, 0) is 22.6 Å². The largest absolute Gasteiger partial charge is 0.497 e. The van der Waals surface area contributed by atoms with Crippen LogP contribution in [0.2, 0.25) is 0 Å². The predicted octanol–water partition coefficient (Wildman–Crippen LogP) is 2.83. The maximum Gasteiger partial charge on any atom is 0.227 e. The summed E-state index contributed by atoms with van der Waals surface area (Å²) in [5.41, 5.74) is 0.819. The SMILES string of the molecule is COc1ccc(-c2noc(CCC(=O)N3CCC(C(=O)NCc4ccco4)CC3)n2)cc1. The van der Waals surface area contributed by atoms with Crippen molar-refractivity contribution in [1.82, 2.24) is 20.4 Å². The van der Waals surface area contributed by atoms with Gasteiger partial charge in [-0.25, -0.2) is 0 Å². The summed E-state index contributed by atoms with van der Waals surface area (Å²) in [5.74, 6) is 2.34. The van der Waals surface area contributed by atoms with Gasteiger partial charge in [0.2, 0.25) is 23.5 Å². The number of ether oxygens (including phenoxy) is 1. The van der Waals surface area contributed by atoms with Crippen LogP contribution in [0, 0.1) is 5.92 Å². The number of aryl methyl sites for hydroxylation is 1. The van der Waals surface area contributed by atoms with E-state index in [0.717, 1.165) is 17.1 Å². The number of benzene rings is 1. The lowest BCUT2D eigenvalue weighted by atomic mass is 9.95. The minimum atomic E-state index is -0.0861. The third kappa shape index (κ3) is 5.35. The van der Waals surface area contributed by atoms with Crippen LogP contribution in [-0.4, -0.2) is 47.1 Å². The van der Waals surface area contributed by atoms with E-state index in [9.17, 15) is 9.59 Å². The van der Waals surface area contributed by atoms with Gasteiger partial charge in [-0.2, -0.15) is 4.98 Å². The molecule has 1 aromatic carbocycles. The first-order valence-electron chi connectivity index (χ1n) is 10.7. The second-order valence-corrected chi connectivity index (χ2v) is 7.69. The number of furan rings is 1. The summed E-state index contributed by atoms with van der Waals surface area (Å²) in [4.78, 5) is 31.1. The predicted molar refractivity (Wildman–Crippen MR) is 114 cm³/mol. The van der Waals surface area contributed by atoms with E-state index in [1.165, 1.54) is 0 Å². The van der Waals surface area contributed by atoms with Crippen molar-refractivity contribution in [3.05, 3.63) is 54.3 Å². The maximum absolute atomic E-state index is 12.6. The summed E-state index contributed by atoms with van der Waals surface area (Å²) in [6.45, 7) is 1.52. The Hall–Kier alpha value is -3.62. The fraction of sp³-hybridized carbons (Fsp3) is 0.391. The molecule has 0 saturated carbocycles. The summed E-state index contributed by atoms with van der Waals surface area (Å²) in [6, 6.07) is 11.0. The normalized spacial score (nSPS) is 14.3. The van der Waals surface area contributed by atoms with E-state index < -0.39 is 0 Å². The van der Waals surface area contributed by atoms with E-state index in [0.29, 0.717) is 57.0 Å². The highest BCUT2D eigenvalue weighted by Gasteiger charge is 2.27. The number of amides is 2. The van der Waals surface area contributed by atoms with Crippen molar-refractivity contribution in [2.75, 3.05) is 20.2 Å². The average Bonchev–Trinajstić information content (AvgIpc) is 3.53. The minimum absolute atomic E-state index is 0.00502. The summed E-state index contributed by atoms with van der Waals surface area (Å²) in [7, 11) is 1.61. The molecule has 0 bridgehead atoms. The van der Waals surface area contributed by atoms with Crippen LogP contribution in [0.15, 0.2) is 51.6 Å². The zero-order valence-corrected chi connectivity index (χ0v) is 18.0. The zero-order valence-electron chi connectivity index (χ0n) is 18.0. The first-order chi connectivity index (χ1) is 15.6. The first kappa shape index (κ1) is 21.6. The van der Waals surface area contributed by atoms with Gasteiger partial charge >= 0.3 is 0 Å².